The second-order valence-corrected chi connectivity index (χ2v) is 3.86. The van der Waals surface area contributed by atoms with Crippen LogP contribution in [-0.4, -0.2) is 6.10 Å². The highest BCUT2D eigenvalue weighted by Crippen LogP contribution is 2.26. The topological polar surface area (TPSA) is 68.8 Å². The average molecular weight is 263 g/mol. The van der Waals surface area contributed by atoms with Crippen LogP contribution < -0.4 is 10.1 Å². The summed E-state index contributed by atoms with van der Waals surface area (Å²) >= 11 is 0. The summed E-state index contributed by atoms with van der Waals surface area (Å²) in [5, 5.41) is 19.5. The lowest BCUT2D eigenvalue weighted by atomic mass is 10.2. The van der Waals surface area contributed by atoms with Gasteiger partial charge in [-0.1, -0.05) is 0 Å². The van der Waals surface area contributed by atoms with Crippen LogP contribution in [0.15, 0.2) is 23.9 Å². The maximum Gasteiger partial charge on any atom is 0.191 e. The molecule has 1 aromatic rings. The monoisotopic (exact) mass is 263 g/mol. The summed E-state index contributed by atoms with van der Waals surface area (Å²) in [5.74, 6) is -2.18. The summed E-state index contributed by atoms with van der Waals surface area (Å²) in [6.45, 7) is 3.31. The molecule has 1 rings (SSSR count). The van der Waals surface area contributed by atoms with Gasteiger partial charge in [0.05, 0.1) is 6.10 Å². The van der Waals surface area contributed by atoms with Gasteiger partial charge in [0, 0.05) is 24.0 Å². The fourth-order valence-electron chi connectivity index (χ4n) is 1.24. The molecule has 0 unspecified atom stereocenters. The summed E-state index contributed by atoms with van der Waals surface area (Å²) in [6.07, 6.45) is 0.712. The first-order valence-corrected chi connectivity index (χ1v) is 5.40. The van der Waals surface area contributed by atoms with E-state index in [1.165, 1.54) is 0 Å². The Morgan fingerprint density at radius 3 is 2.21 bits per heavy atom. The SMILES string of the molecule is CC(C)Oc1c(F)cc(NC=C(C#N)C#N)cc1F. The number of nitriles is 2. The molecular formula is C13H11F2N3O. The van der Waals surface area contributed by atoms with Crippen molar-refractivity contribution < 1.29 is 13.5 Å². The smallest absolute Gasteiger partial charge is 0.191 e. The Bertz CT molecular complexity index is 544. The van der Waals surface area contributed by atoms with Gasteiger partial charge in [-0.2, -0.15) is 10.5 Å². The number of halogens is 2. The number of ether oxygens (including phenoxy) is 1. The van der Waals surface area contributed by atoms with Gasteiger partial charge in [0.2, 0.25) is 0 Å². The molecule has 0 heterocycles. The lowest BCUT2D eigenvalue weighted by Gasteiger charge is -2.12. The molecule has 1 aromatic carbocycles. The van der Waals surface area contributed by atoms with Gasteiger partial charge in [0.15, 0.2) is 17.4 Å². The number of hydrogen-bond acceptors (Lipinski definition) is 4. The summed E-state index contributed by atoms with van der Waals surface area (Å²) in [4.78, 5) is 0. The second-order valence-electron chi connectivity index (χ2n) is 3.86. The van der Waals surface area contributed by atoms with E-state index in [1.54, 1.807) is 26.0 Å². The van der Waals surface area contributed by atoms with Gasteiger partial charge < -0.3 is 10.1 Å². The number of rotatable bonds is 4. The molecule has 1 N–H and O–H groups in total. The number of nitrogens with one attached hydrogen (secondary N) is 1. The fraction of sp³-hybridized carbons (Fsp3) is 0.231. The molecular weight excluding hydrogens is 252 g/mol. The maximum absolute atomic E-state index is 13.6. The van der Waals surface area contributed by atoms with Crippen molar-refractivity contribution in [3.8, 4) is 17.9 Å². The molecule has 0 aliphatic carbocycles. The Balaban J connectivity index is 3.00. The minimum Gasteiger partial charge on any atom is -0.485 e. The zero-order chi connectivity index (χ0) is 14.4. The standard InChI is InChI=1S/C13H11F2N3O/c1-8(2)19-13-11(14)3-10(4-12(13)15)18-7-9(5-16)6-17/h3-4,7-8,18H,1-2H3. The third-order valence-electron chi connectivity index (χ3n) is 1.98. The first-order valence-electron chi connectivity index (χ1n) is 5.40. The van der Waals surface area contributed by atoms with Crippen LogP contribution in [0.3, 0.4) is 0 Å². The third-order valence-corrected chi connectivity index (χ3v) is 1.98. The van der Waals surface area contributed by atoms with Crippen molar-refractivity contribution in [2.24, 2.45) is 0 Å². The molecule has 0 amide bonds. The van der Waals surface area contributed by atoms with Gasteiger partial charge in [0.1, 0.15) is 17.7 Å². The molecule has 0 fully saturated rings. The molecule has 0 aliphatic heterocycles. The van der Waals surface area contributed by atoms with E-state index < -0.39 is 17.4 Å². The van der Waals surface area contributed by atoms with Crippen molar-refractivity contribution in [2.45, 2.75) is 20.0 Å². The van der Waals surface area contributed by atoms with Crippen molar-refractivity contribution in [3.63, 3.8) is 0 Å². The lowest BCUT2D eigenvalue weighted by molar-refractivity contribution is 0.219. The van der Waals surface area contributed by atoms with Crippen LogP contribution in [0.2, 0.25) is 0 Å². The van der Waals surface area contributed by atoms with E-state index in [1.807, 2.05) is 0 Å². The van der Waals surface area contributed by atoms with Gasteiger partial charge >= 0.3 is 0 Å². The molecule has 4 nitrogen and oxygen atoms in total. The number of nitrogens with zero attached hydrogens (tertiary/aromatic N) is 2. The molecule has 0 radical (unpaired) electrons. The van der Waals surface area contributed by atoms with E-state index in [9.17, 15) is 8.78 Å². The third kappa shape index (κ3) is 3.97. The molecule has 0 aromatic heterocycles. The van der Waals surface area contributed by atoms with Gasteiger partial charge in [0.25, 0.3) is 0 Å². The molecule has 19 heavy (non-hydrogen) atoms. The molecule has 0 aliphatic rings. The Kier molecular flexibility index (Phi) is 4.84. The van der Waals surface area contributed by atoms with E-state index in [0.29, 0.717) is 0 Å². The minimum atomic E-state index is -0.861. The number of benzene rings is 1. The predicted molar refractivity (Wildman–Crippen MR) is 65.1 cm³/mol. The Morgan fingerprint density at radius 2 is 1.79 bits per heavy atom. The zero-order valence-electron chi connectivity index (χ0n) is 10.4. The highest BCUT2D eigenvalue weighted by molar-refractivity contribution is 5.52. The van der Waals surface area contributed by atoms with Crippen LogP contribution in [0.25, 0.3) is 0 Å². The first-order chi connectivity index (χ1) is 8.97. The van der Waals surface area contributed by atoms with Gasteiger partial charge in [-0.05, 0) is 13.8 Å². The predicted octanol–water partition coefficient (Wildman–Crippen LogP) is 3.09. The van der Waals surface area contributed by atoms with Crippen molar-refractivity contribution in [3.05, 3.63) is 35.5 Å². The number of hydrogen-bond donors (Lipinski definition) is 1. The summed E-state index contributed by atoms with van der Waals surface area (Å²) in [6, 6.07) is 5.26. The van der Waals surface area contributed by atoms with Gasteiger partial charge in [-0.3, -0.25) is 0 Å². The van der Waals surface area contributed by atoms with Gasteiger partial charge in [-0.25, -0.2) is 8.78 Å². The lowest BCUT2D eigenvalue weighted by Crippen LogP contribution is -2.09. The van der Waals surface area contributed by atoms with Gasteiger partial charge in [-0.15, -0.1) is 0 Å². The quantitative estimate of drug-likeness (QED) is 0.847. The van der Waals surface area contributed by atoms with Crippen LogP contribution in [0, 0.1) is 34.3 Å². The molecule has 0 saturated carbocycles. The van der Waals surface area contributed by atoms with E-state index >= 15 is 0 Å². The Labute approximate surface area is 109 Å². The van der Waals surface area contributed by atoms with E-state index in [2.05, 4.69) is 5.32 Å². The van der Waals surface area contributed by atoms with E-state index in [-0.39, 0.29) is 17.4 Å². The number of allylic oxidation sites excluding steroid dienone is 1. The van der Waals surface area contributed by atoms with Crippen LogP contribution in [0.4, 0.5) is 14.5 Å². The highest BCUT2D eigenvalue weighted by Gasteiger charge is 2.13. The summed E-state index contributed by atoms with van der Waals surface area (Å²) < 4.78 is 32.2. The van der Waals surface area contributed by atoms with E-state index in [4.69, 9.17) is 15.3 Å². The summed E-state index contributed by atoms with van der Waals surface area (Å²) in [5.41, 5.74) is -0.127. The average Bonchev–Trinajstić information content (AvgIpc) is 2.35. The molecule has 0 spiro atoms. The minimum absolute atomic E-state index is 0.0779. The van der Waals surface area contributed by atoms with Crippen LogP contribution >= 0.6 is 0 Å². The zero-order valence-corrected chi connectivity index (χ0v) is 10.4. The normalized spacial score (nSPS) is 9.42. The number of anilines is 1. The summed E-state index contributed by atoms with van der Waals surface area (Å²) in [7, 11) is 0. The van der Waals surface area contributed by atoms with Crippen molar-refractivity contribution >= 4 is 5.69 Å². The first kappa shape index (κ1) is 14.5. The van der Waals surface area contributed by atoms with Crippen LogP contribution in [-0.2, 0) is 0 Å². The van der Waals surface area contributed by atoms with Crippen LogP contribution in [0.5, 0.6) is 5.75 Å². The van der Waals surface area contributed by atoms with Crippen molar-refractivity contribution in [2.75, 3.05) is 5.32 Å². The molecule has 0 atom stereocenters. The van der Waals surface area contributed by atoms with E-state index in [0.717, 1.165) is 18.3 Å². The highest BCUT2D eigenvalue weighted by atomic mass is 19.1. The van der Waals surface area contributed by atoms with Crippen molar-refractivity contribution in [1.29, 1.82) is 10.5 Å². The van der Waals surface area contributed by atoms with Crippen LogP contribution in [0.1, 0.15) is 13.8 Å². The Hall–Kier alpha value is -2.60. The molecule has 6 heteroatoms. The Morgan fingerprint density at radius 1 is 1.26 bits per heavy atom. The largest absolute Gasteiger partial charge is 0.485 e. The molecule has 0 saturated heterocycles. The fourth-order valence-corrected chi connectivity index (χ4v) is 1.24. The molecule has 98 valence electrons. The van der Waals surface area contributed by atoms with Crippen molar-refractivity contribution in [1.82, 2.24) is 0 Å². The second kappa shape index (κ2) is 6.36. The maximum atomic E-state index is 13.6. The molecule has 0 bridgehead atoms.